The van der Waals surface area contributed by atoms with E-state index in [0.717, 1.165) is 11.1 Å². The average molecular weight is 384 g/mol. The van der Waals surface area contributed by atoms with Crippen molar-refractivity contribution in [2.24, 2.45) is 20.2 Å². The minimum atomic E-state index is -1.04. The van der Waals surface area contributed by atoms with E-state index in [1.54, 1.807) is 24.4 Å². The molecule has 1 N–H and O–H groups in total. The maximum absolute atomic E-state index is 11.0. The van der Waals surface area contributed by atoms with Crippen LogP contribution in [0.2, 0.25) is 0 Å². The molecule has 1 aromatic carbocycles. The largest absolute Gasteiger partial charge is 0.478 e. The lowest BCUT2D eigenvalue weighted by atomic mass is 10.1. The Labute approximate surface area is 166 Å². The molecular weight excluding hydrogens is 368 g/mol. The number of nitrogens with zero attached hydrogens (tertiary/aromatic N) is 6. The van der Waals surface area contributed by atoms with Crippen LogP contribution >= 0.6 is 0 Å². The zero-order chi connectivity index (χ0) is 20.2. The summed E-state index contributed by atoms with van der Waals surface area (Å²) < 4.78 is 0. The Balaban J connectivity index is 1.71. The number of azo groups is 1. The quantitative estimate of drug-likeness (QED) is 0.673. The molecule has 142 valence electrons. The average Bonchev–Trinajstić information content (AvgIpc) is 3.17. The Morgan fingerprint density at radius 3 is 2.66 bits per heavy atom. The number of carbonyl (C=O) groups is 1. The maximum atomic E-state index is 11.0. The van der Waals surface area contributed by atoms with Crippen molar-refractivity contribution in [1.82, 2.24) is 9.97 Å². The Hall–Kier alpha value is -4.07. The third-order valence-corrected chi connectivity index (χ3v) is 4.19. The van der Waals surface area contributed by atoms with E-state index in [4.69, 9.17) is 5.11 Å². The summed E-state index contributed by atoms with van der Waals surface area (Å²) in [6, 6.07) is 16.3. The fourth-order valence-corrected chi connectivity index (χ4v) is 2.78. The van der Waals surface area contributed by atoms with E-state index in [1.165, 1.54) is 12.3 Å². The van der Waals surface area contributed by atoms with Gasteiger partial charge in [0.1, 0.15) is 5.69 Å². The van der Waals surface area contributed by atoms with Crippen molar-refractivity contribution in [3.8, 4) is 0 Å². The number of aryl methyl sites for hydroxylation is 1. The first-order valence-corrected chi connectivity index (χ1v) is 8.85. The number of amidine groups is 1. The van der Waals surface area contributed by atoms with Gasteiger partial charge in [-0.3, -0.25) is 4.98 Å². The fraction of sp³-hybridized carbons (Fsp3) is 0.0952. The molecule has 1 aliphatic heterocycles. The number of carboxylic acids is 1. The van der Waals surface area contributed by atoms with E-state index in [1.807, 2.05) is 37.3 Å². The molecule has 8 heteroatoms. The van der Waals surface area contributed by atoms with Crippen LogP contribution < -0.4 is 0 Å². The van der Waals surface area contributed by atoms with Gasteiger partial charge in [-0.2, -0.15) is 5.11 Å². The lowest BCUT2D eigenvalue weighted by Gasteiger charge is -2.06. The highest BCUT2D eigenvalue weighted by molar-refractivity contribution is 6.18. The molecule has 3 aromatic rings. The zero-order valence-electron chi connectivity index (χ0n) is 15.5. The SMILES string of the molecule is Cc1cccc(C2=NC(c3ccc(C(=O)O)cn3)=NC2N=Nc2ccccn2)c1. The molecule has 0 bridgehead atoms. The van der Waals surface area contributed by atoms with E-state index in [-0.39, 0.29) is 5.56 Å². The summed E-state index contributed by atoms with van der Waals surface area (Å²) in [5.41, 5.74) is 3.18. The van der Waals surface area contributed by atoms with E-state index >= 15 is 0 Å². The van der Waals surface area contributed by atoms with Gasteiger partial charge in [-0.05, 0) is 31.2 Å². The van der Waals surface area contributed by atoms with Crippen LogP contribution in [0, 0.1) is 6.92 Å². The van der Waals surface area contributed by atoms with Gasteiger partial charge in [-0.15, -0.1) is 5.11 Å². The Bertz CT molecular complexity index is 1140. The summed E-state index contributed by atoms with van der Waals surface area (Å²) in [6.45, 7) is 2.00. The first kappa shape index (κ1) is 18.3. The summed E-state index contributed by atoms with van der Waals surface area (Å²) >= 11 is 0. The van der Waals surface area contributed by atoms with Gasteiger partial charge in [0.25, 0.3) is 0 Å². The van der Waals surface area contributed by atoms with Gasteiger partial charge in [0.05, 0.1) is 11.3 Å². The van der Waals surface area contributed by atoms with Gasteiger partial charge >= 0.3 is 5.97 Å². The van der Waals surface area contributed by atoms with Crippen molar-refractivity contribution in [3.63, 3.8) is 0 Å². The van der Waals surface area contributed by atoms with Crippen LogP contribution in [-0.2, 0) is 0 Å². The molecule has 4 rings (SSSR count). The predicted molar refractivity (Wildman–Crippen MR) is 108 cm³/mol. The molecule has 1 unspecified atom stereocenters. The predicted octanol–water partition coefficient (Wildman–Crippen LogP) is 3.84. The normalized spacial score (nSPS) is 16.0. The van der Waals surface area contributed by atoms with Gasteiger partial charge in [0.2, 0.25) is 6.17 Å². The van der Waals surface area contributed by atoms with Gasteiger partial charge in [-0.25, -0.2) is 19.8 Å². The minimum Gasteiger partial charge on any atom is -0.478 e. The zero-order valence-corrected chi connectivity index (χ0v) is 15.5. The lowest BCUT2D eigenvalue weighted by molar-refractivity contribution is 0.0696. The number of aliphatic imine (C=N–C) groups is 2. The summed E-state index contributed by atoms with van der Waals surface area (Å²) in [6.07, 6.45) is 2.28. The molecule has 0 spiro atoms. The maximum Gasteiger partial charge on any atom is 0.337 e. The van der Waals surface area contributed by atoms with Gasteiger partial charge in [0.15, 0.2) is 11.7 Å². The van der Waals surface area contributed by atoms with Crippen LogP contribution in [-0.4, -0.2) is 38.8 Å². The number of hydrogen-bond acceptors (Lipinski definition) is 7. The second-order valence-corrected chi connectivity index (χ2v) is 6.33. The highest BCUT2D eigenvalue weighted by atomic mass is 16.4. The Morgan fingerprint density at radius 2 is 1.97 bits per heavy atom. The summed E-state index contributed by atoms with van der Waals surface area (Å²) in [5.74, 6) is -0.185. The minimum absolute atomic E-state index is 0.0987. The van der Waals surface area contributed by atoms with E-state index in [2.05, 4.69) is 30.2 Å². The van der Waals surface area contributed by atoms with Crippen LogP contribution in [0.1, 0.15) is 27.2 Å². The smallest absolute Gasteiger partial charge is 0.337 e. The number of aromatic carboxylic acids is 1. The van der Waals surface area contributed by atoms with Crippen molar-refractivity contribution < 1.29 is 9.90 Å². The molecule has 0 saturated carbocycles. The van der Waals surface area contributed by atoms with Gasteiger partial charge < -0.3 is 5.11 Å². The molecule has 1 atom stereocenters. The second-order valence-electron chi connectivity index (χ2n) is 6.33. The van der Waals surface area contributed by atoms with Gasteiger partial charge in [-0.1, -0.05) is 35.9 Å². The Kier molecular flexibility index (Phi) is 4.98. The van der Waals surface area contributed by atoms with E-state index < -0.39 is 12.1 Å². The molecule has 0 fully saturated rings. The highest BCUT2D eigenvalue weighted by Crippen LogP contribution is 2.20. The third-order valence-electron chi connectivity index (χ3n) is 4.19. The molecule has 3 heterocycles. The number of pyridine rings is 2. The fourth-order valence-electron chi connectivity index (χ4n) is 2.78. The molecule has 8 nitrogen and oxygen atoms in total. The first-order chi connectivity index (χ1) is 14.1. The second kappa shape index (κ2) is 7.89. The van der Waals surface area contributed by atoms with Crippen molar-refractivity contribution in [2.45, 2.75) is 13.1 Å². The molecule has 2 aromatic heterocycles. The highest BCUT2D eigenvalue weighted by Gasteiger charge is 2.25. The van der Waals surface area contributed by atoms with Crippen molar-refractivity contribution in [3.05, 3.63) is 89.4 Å². The molecule has 0 aliphatic carbocycles. The molecular formula is C21H16N6O2. The summed E-state index contributed by atoms with van der Waals surface area (Å²) in [4.78, 5) is 28.5. The Morgan fingerprint density at radius 1 is 1.07 bits per heavy atom. The lowest BCUT2D eigenvalue weighted by Crippen LogP contribution is -2.13. The standard InChI is InChI=1S/C21H16N6O2/c1-13-5-4-6-14(11-13)18-20(27-26-17-7-2-3-10-22-17)25-19(24-18)16-9-8-15(12-23-16)21(28)29/h2-12,20H,1H3,(H,28,29). The number of aromatic nitrogens is 2. The van der Waals surface area contributed by atoms with Crippen molar-refractivity contribution in [2.75, 3.05) is 0 Å². The first-order valence-electron chi connectivity index (χ1n) is 8.85. The monoisotopic (exact) mass is 384 g/mol. The van der Waals surface area contributed by atoms with Crippen LogP contribution in [0.5, 0.6) is 0 Å². The molecule has 0 amide bonds. The number of benzene rings is 1. The van der Waals surface area contributed by atoms with Crippen LogP contribution in [0.15, 0.2) is 87.2 Å². The van der Waals surface area contributed by atoms with Crippen LogP contribution in [0.25, 0.3) is 0 Å². The number of rotatable bonds is 5. The van der Waals surface area contributed by atoms with Crippen molar-refractivity contribution in [1.29, 1.82) is 0 Å². The third kappa shape index (κ3) is 4.11. The van der Waals surface area contributed by atoms with Gasteiger partial charge in [0, 0.05) is 18.0 Å². The molecule has 29 heavy (non-hydrogen) atoms. The number of hydrogen-bond donors (Lipinski definition) is 1. The topological polar surface area (TPSA) is 113 Å². The molecule has 0 saturated heterocycles. The van der Waals surface area contributed by atoms with E-state index in [0.29, 0.717) is 23.1 Å². The van der Waals surface area contributed by atoms with Crippen molar-refractivity contribution >= 4 is 23.3 Å². The molecule has 1 aliphatic rings. The summed E-state index contributed by atoms with van der Waals surface area (Å²) in [5, 5.41) is 17.6. The van der Waals surface area contributed by atoms with Crippen LogP contribution in [0.3, 0.4) is 0 Å². The number of carboxylic acid groups (broad SMARTS) is 1. The summed E-state index contributed by atoms with van der Waals surface area (Å²) in [7, 11) is 0. The van der Waals surface area contributed by atoms with Crippen LogP contribution in [0.4, 0.5) is 5.82 Å². The molecule has 0 radical (unpaired) electrons. The van der Waals surface area contributed by atoms with E-state index in [9.17, 15) is 4.79 Å².